The second-order valence-electron chi connectivity index (χ2n) is 5.00. The van der Waals surface area contributed by atoms with Crippen molar-refractivity contribution in [3.63, 3.8) is 0 Å². The number of aromatic nitrogens is 1. The van der Waals surface area contributed by atoms with Gasteiger partial charge >= 0.3 is 0 Å². The van der Waals surface area contributed by atoms with Crippen molar-refractivity contribution < 1.29 is 4.79 Å². The van der Waals surface area contributed by atoms with Gasteiger partial charge < -0.3 is 5.32 Å². The van der Waals surface area contributed by atoms with E-state index in [4.69, 9.17) is 0 Å². The zero-order chi connectivity index (χ0) is 15.2. The van der Waals surface area contributed by atoms with E-state index in [1.807, 2.05) is 66.7 Å². The lowest BCUT2D eigenvalue weighted by molar-refractivity contribution is 0.0950. The molecule has 0 saturated carbocycles. The van der Waals surface area contributed by atoms with Crippen LogP contribution >= 0.6 is 0 Å². The van der Waals surface area contributed by atoms with E-state index in [0.717, 1.165) is 16.7 Å². The van der Waals surface area contributed by atoms with Gasteiger partial charge in [-0.05, 0) is 17.2 Å². The Morgan fingerprint density at radius 3 is 2.27 bits per heavy atom. The predicted molar refractivity (Wildman–Crippen MR) is 87.3 cm³/mol. The molecule has 0 aliphatic heterocycles. The summed E-state index contributed by atoms with van der Waals surface area (Å²) in [5.41, 5.74) is 3.63. The molecular formula is C19H16N2O. The van der Waals surface area contributed by atoms with Crippen LogP contribution < -0.4 is 5.32 Å². The zero-order valence-corrected chi connectivity index (χ0v) is 12.1. The number of nitrogens with zero attached hydrogens (tertiary/aromatic N) is 1. The molecule has 1 aromatic heterocycles. The summed E-state index contributed by atoms with van der Waals surface area (Å²) in [5.74, 6) is -0.117. The second-order valence-corrected chi connectivity index (χ2v) is 5.00. The number of amides is 1. The highest BCUT2D eigenvalue weighted by Gasteiger charge is 2.07. The van der Waals surface area contributed by atoms with Crippen molar-refractivity contribution in [3.05, 3.63) is 90.3 Å². The minimum absolute atomic E-state index is 0.117. The molecule has 0 spiro atoms. The van der Waals surface area contributed by atoms with E-state index < -0.39 is 0 Å². The maximum Gasteiger partial charge on any atom is 0.253 e. The summed E-state index contributed by atoms with van der Waals surface area (Å²) in [4.78, 5) is 16.4. The van der Waals surface area contributed by atoms with Crippen LogP contribution in [0, 0.1) is 0 Å². The Hall–Kier alpha value is -2.94. The lowest BCUT2D eigenvalue weighted by atomic mass is 10.1. The van der Waals surface area contributed by atoms with Crippen molar-refractivity contribution in [2.24, 2.45) is 0 Å². The first-order valence-electron chi connectivity index (χ1n) is 7.15. The van der Waals surface area contributed by atoms with Gasteiger partial charge in [0, 0.05) is 24.5 Å². The molecule has 1 heterocycles. The highest BCUT2D eigenvalue weighted by atomic mass is 16.1. The van der Waals surface area contributed by atoms with Crippen LogP contribution in [-0.4, -0.2) is 10.9 Å². The summed E-state index contributed by atoms with van der Waals surface area (Å²) < 4.78 is 0. The maximum absolute atomic E-state index is 12.3. The molecule has 0 saturated heterocycles. The molecule has 0 aliphatic rings. The van der Waals surface area contributed by atoms with E-state index in [-0.39, 0.29) is 5.91 Å². The maximum atomic E-state index is 12.3. The van der Waals surface area contributed by atoms with Crippen LogP contribution in [0.3, 0.4) is 0 Å². The van der Waals surface area contributed by atoms with Gasteiger partial charge in [0.05, 0.1) is 5.56 Å². The van der Waals surface area contributed by atoms with Gasteiger partial charge in [-0.25, -0.2) is 0 Å². The van der Waals surface area contributed by atoms with Crippen molar-refractivity contribution in [1.82, 2.24) is 10.3 Å². The van der Waals surface area contributed by atoms with Crippen LogP contribution in [0.25, 0.3) is 11.1 Å². The molecule has 0 fully saturated rings. The first-order valence-corrected chi connectivity index (χ1v) is 7.15. The van der Waals surface area contributed by atoms with Gasteiger partial charge in [0.15, 0.2) is 0 Å². The summed E-state index contributed by atoms with van der Waals surface area (Å²) >= 11 is 0. The van der Waals surface area contributed by atoms with Crippen molar-refractivity contribution in [3.8, 4) is 11.1 Å². The Kier molecular flexibility index (Phi) is 4.25. The molecule has 0 radical (unpaired) electrons. The zero-order valence-electron chi connectivity index (χ0n) is 12.1. The molecule has 2 aromatic carbocycles. The summed E-state index contributed by atoms with van der Waals surface area (Å²) in [6.45, 7) is 0.509. The van der Waals surface area contributed by atoms with E-state index in [9.17, 15) is 4.79 Å². The molecule has 0 unspecified atom stereocenters. The number of carbonyl (C=O) groups is 1. The monoisotopic (exact) mass is 288 g/mol. The van der Waals surface area contributed by atoms with E-state index in [2.05, 4.69) is 10.3 Å². The van der Waals surface area contributed by atoms with Gasteiger partial charge in [0.2, 0.25) is 0 Å². The van der Waals surface area contributed by atoms with Crippen molar-refractivity contribution in [1.29, 1.82) is 0 Å². The Bertz CT molecular complexity index is 755. The molecule has 1 amide bonds. The van der Waals surface area contributed by atoms with Gasteiger partial charge in [-0.1, -0.05) is 60.7 Å². The molecule has 1 N–H and O–H groups in total. The Balaban J connectivity index is 1.73. The minimum atomic E-state index is -0.117. The average molecular weight is 288 g/mol. The SMILES string of the molecule is O=C(NCc1ccccc1)c1cncc(-c2ccccc2)c1. The summed E-state index contributed by atoms with van der Waals surface area (Å²) in [6, 6.07) is 21.6. The summed E-state index contributed by atoms with van der Waals surface area (Å²) in [6.07, 6.45) is 3.36. The second kappa shape index (κ2) is 6.68. The van der Waals surface area contributed by atoms with Crippen LogP contribution in [-0.2, 0) is 6.54 Å². The van der Waals surface area contributed by atoms with E-state index in [1.165, 1.54) is 0 Å². The van der Waals surface area contributed by atoms with E-state index in [0.29, 0.717) is 12.1 Å². The molecule has 3 aromatic rings. The molecule has 3 nitrogen and oxygen atoms in total. The number of hydrogen-bond donors (Lipinski definition) is 1. The molecule has 22 heavy (non-hydrogen) atoms. The predicted octanol–water partition coefficient (Wildman–Crippen LogP) is 3.68. The van der Waals surface area contributed by atoms with Crippen LogP contribution in [0.2, 0.25) is 0 Å². The van der Waals surface area contributed by atoms with Crippen molar-refractivity contribution in [2.45, 2.75) is 6.54 Å². The van der Waals surface area contributed by atoms with Crippen LogP contribution in [0.1, 0.15) is 15.9 Å². The molecule has 3 rings (SSSR count). The van der Waals surface area contributed by atoms with Gasteiger partial charge in [-0.3, -0.25) is 9.78 Å². The van der Waals surface area contributed by atoms with Gasteiger partial charge in [-0.15, -0.1) is 0 Å². The van der Waals surface area contributed by atoms with Crippen molar-refractivity contribution >= 4 is 5.91 Å². The lowest BCUT2D eigenvalue weighted by Crippen LogP contribution is -2.22. The van der Waals surface area contributed by atoms with E-state index >= 15 is 0 Å². The fourth-order valence-electron chi connectivity index (χ4n) is 2.23. The molecular weight excluding hydrogens is 272 g/mol. The smallest absolute Gasteiger partial charge is 0.253 e. The average Bonchev–Trinajstić information content (AvgIpc) is 2.61. The van der Waals surface area contributed by atoms with Gasteiger partial charge in [-0.2, -0.15) is 0 Å². The number of pyridine rings is 1. The fourth-order valence-corrected chi connectivity index (χ4v) is 2.23. The number of rotatable bonds is 4. The Labute approximate surface area is 129 Å². The first-order chi connectivity index (χ1) is 10.8. The fraction of sp³-hybridized carbons (Fsp3) is 0.0526. The Morgan fingerprint density at radius 2 is 1.55 bits per heavy atom. The highest BCUT2D eigenvalue weighted by molar-refractivity contribution is 5.95. The van der Waals surface area contributed by atoms with Crippen LogP contribution in [0.15, 0.2) is 79.1 Å². The standard InChI is InChI=1S/C19H16N2O/c22-19(21-12-15-7-3-1-4-8-15)18-11-17(13-20-14-18)16-9-5-2-6-10-16/h1-11,13-14H,12H2,(H,21,22). The molecule has 0 atom stereocenters. The molecule has 0 bridgehead atoms. The van der Waals surface area contributed by atoms with Gasteiger partial charge in [0.1, 0.15) is 0 Å². The number of carbonyl (C=O) groups excluding carboxylic acids is 1. The summed E-state index contributed by atoms with van der Waals surface area (Å²) in [5, 5.41) is 2.91. The molecule has 0 aliphatic carbocycles. The van der Waals surface area contributed by atoms with Crippen molar-refractivity contribution in [2.75, 3.05) is 0 Å². The number of benzene rings is 2. The normalized spacial score (nSPS) is 10.2. The quantitative estimate of drug-likeness (QED) is 0.795. The number of nitrogens with one attached hydrogen (secondary N) is 1. The first kappa shape index (κ1) is 14.0. The van der Waals surface area contributed by atoms with Crippen LogP contribution in [0.4, 0.5) is 0 Å². The third-order valence-electron chi connectivity index (χ3n) is 3.40. The highest BCUT2D eigenvalue weighted by Crippen LogP contribution is 2.18. The topological polar surface area (TPSA) is 42.0 Å². The van der Waals surface area contributed by atoms with E-state index in [1.54, 1.807) is 12.4 Å². The molecule has 3 heteroatoms. The largest absolute Gasteiger partial charge is 0.348 e. The summed E-state index contributed by atoms with van der Waals surface area (Å²) in [7, 11) is 0. The minimum Gasteiger partial charge on any atom is -0.348 e. The Morgan fingerprint density at radius 1 is 0.864 bits per heavy atom. The van der Waals surface area contributed by atoms with Crippen LogP contribution in [0.5, 0.6) is 0 Å². The molecule has 108 valence electrons. The third-order valence-corrected chi connectivity index (χ3v) is 3.40. The van der Waals surface area contributed by atoms with Gasteiger partial charge in [0.25, 0.3) is 5.91 Å². The lowest BCUT2D eigenvalue weighted by Gasteiger charge is -2.07. The number of hydrogen-bond acceptors (Lipinski definition) is 2. The third kappa shape index (κ3) is 3.38.